The number of para-hydroxylation sites is 1. The van der Waals surface area contributed by atoms with Gasteiger partial charge in [-0.05, 0) is 153 Å². The van der Waals surface area contributed by atoms with E-state index in [0.717, 1.165) is 84.2 Å². The number of aliphatic hydroxyl groups is 1. The summed E-state index contributed by atoms with van der Waals surface area (Å²) in [4.78, 5) is 69.0. The molecule has 6 aromatic rings. The molecule has 0 radical (unpaired) electrons. The monoisotopic (exact) mass is 1190 g/mol. The SMILES string of the molecule is C=CC(=O)Nc1cccc(-c2cccc3cnc(Nc4ccc(CC5CCN(C)CC5)cc4F)nc23)c1.CC(C)(C)OC(=O)N1CCC(O)CC1.CC(C)(C)OC(=O)N1CCC(Oc2ccc([N+](=O)[O-])c(F)c2)CC1.O=[N+]([O-])c1ccc(O)cc1F. The number of hydrogen-bond acceptors (Lipinski definition) is 16. The van der Waals surface area contributed by atoms with Crippen molar-refractivity contribution in [2.24, 2.45) is 5.92 Å². The van der Waals surface area contributed by atoms with Crippen molar-refractivity contribution >= 4 is 57.7 Å². The number of nitrogens with one attached hydrogen (secondary N) is 2. The molecule has 0 aliphatic carbocycles. The van der Waals surface area contributed by atoms with E-state index in [1.807, 2.05) is 90.1 Å². The second-order valence-electron chi connectivity index (χ2n) is 22.8. The number of phenolic OH excluding ortho intramolecular Hbond substituents is 1. The molecule has 86 heavy (non-hydrogen) atoms. The van der Waals surface area contributed by atoms with Gasteiger partial charge in [-0.1, -0.05) is 43.0 Å². The summed E-state index contributed by atoms with van der Waals surface area (Å²) in [6, 6.07) is 24.9. The number of nitro benzene ring substituents is 2. The first-order valence-electron chi connectivity index (χ1n) is 28.0. The molecule has 3 aliphatic heterocycles. The highest BCUT2D eigenvalue weighted by Crippen LogP contribution is 2.32. The molecule has 9 rings (SSSR count). The maximum atomic E-state index is 15.0. The number of hydrogen-bond donors (Lipinski definition) is 4. The lowest BCUT2D eigenvalue weighted by Crippen LogP contribution is -2.44. The molecule has 5 aromatic carbocycles. The van der Waals surface area contributed by atoms with E-state index in [4.69, 9.17) is 24.3 Å². The Bertz CT molecular complexity index is 3340. The fourth-order valence-electron chi connectivity index (χ4n) is 9.22. The van der Waals surface area contributed by atoms with Crippen LogP contribution in [-0.4, -0.2) is 133 Å². The largest absolute Gasteiger partial charge is 0.508 e. The zero-order chi connectivity index (χ0) is 62.9. The Labute approximate surface area is 497 Å². The van der Waals surface area contributed by atoms with Gasteiger partial charge in [-0.25, -0.2) is 23.9 Å². The van der Waals surface area contributed by atoms with Crippen LogP contribution in [-0.2, 0) is 20.7 Å². The third kappa shape index (κ3) is 20.7. The molecule has 24 heteroatoms. The molecule has 0 unspecified atom stereocenters. The average Bonchev–Trinajstić information content (AvgIpc) is 1.37. The summed E-state index contributed by atoms with van der Waals surface area (Å²) in [7, 11) is 2.15. The van der Waals surface area contributed by atoms with E-state index in [2.05, 4.69) is 34.1 Å². The average molecular weight is 1190 g/mol. The van der Waals surface area contributed by atoms with Gasteiger partial charge in [-0.15, -0.1) is 0 Å². The van der Waals surface area contributed by atoms with Crippen LogP contribution >= 0.6 is 0 Å². The molecule has 4 N–H and O–H groups in total. The molecule has 3 saturated heterocycles. The van der Waals surface area contributed by atoms with Crippen LogP contribution in [0.15, 0.2) is 116 Å². The van der Waals surface area contributed by atoms with Crippen LogP contribution in [0.1, 0.15) is 85.6 Å². The summed E-state index contributed by atoms with van der Waals surface area (Å²) < 4.78 is 57.3. The van der Waals surface area contributed by atoms with Gasteiger partial charge in [-0.3, -0.25) is 25.0 Å². The second-order valence-corrected chi connectivity index (χ2v) is 22.8. The molecule has 460 valence electrons. The van der Waals surface area contributed by atoms with E-state index >= 15 is 4.39 Å². The van der Waals surface area contributed by atoms with Crippen LogP contribution in [0.4, 0.5) is 51.5 Å². The summed E-state index contributed by atoms with van der Waals surface area (Å²) >= 11 is 0. The normalized spacial score (nSPS) is 15.1. The molecule has 0 saturated carbocycles. The minimum Gasteiger partial charge on any atom is -0.508 e. The Morgan fingerprint density at radius 2 is 1.31 bits per heavy atom. The maximum Gasteiger partial charge on any atom is 0.410 e. The topological polar surface area (TPSA) is 265 Å². The Kier molecular flexibility index (Phi) is 23.3. The number of carbonyl (C=O) groups excluding carboxylic acids is 3. The zero-order valence-corrected chi connectivity index (χ0v) is 49.3. The van der Waals surface area contributed by atoms with Crippen molar-refractivity contribution in [3.63, 3.8) is 0 Å². The van der Waals surface area contributed by atoms with E-state index in [1.54, 1.807) is 28.1 Å². The number of phenols is 1. The first-order valence-corrected chi connectivity index (χ1v) is 28.0. The van der Waals surface area contributed by atoms with Crippen LogP contribution in [0.3, 0.4) is 0 Å². The number of ether oxygens (including phenoxy) is 3. The lowest BCUT2D eigenvalue weighted by atomic mass is 9.90. The molecule has 0 bridgehead atoms. The van der Waals surface area contributed by atoms with Crippen molar-refractivity contribution in [2.75, 3.05) is 56.9 Å². The number of aromatic nitrogens is 2. The van der Waals surface area contributed by atoms with Crippen LogP contribution in [0.25, 0.3) is 22.0 Å². The van der Waals surface area contributed by atoms with Crippen molar-refractivity contribution in [3.8, 4) is 22.6 Å². The summed E-state index contributed by atoms with van der Waals surface area (Å²) in [5.74, 6) is -1.71. The van der Waals surface area contributed by atoms with E-state index in [1.165, 1.54) is 12.1 Å². The summed E-state index contributed by atoms with van der Waals surface area (Å²) in [6.45, 7) is 18.8. The lowest BCUT2D eigenvalue weighted by molar-refractivity contribution is -0.387. The first-order chi connectivity index (χ1) is 40.6. The summed E-state index contributed by atoms with van der Waals surface area (Å²) in [5, 5.41) is 45.2. The number of piperidine rings is 3. The number of nitro groups is 2. The Hall–Kier alpha value is -8.90. The number of rotatable bonds is 11. The molecule has 3 aliphatic rings. The van der Waals surface area contributed by atoms with Crippen LogP contribution in [0.2, 0.25) is 0 Å². The van der Waals surface area contributed by atoms with Crippen molar-refractivity contribution in [3.05, 3.63) is 159 Å². The number of aliphatic hydroxyl groups excluding tert-OH is 1. The quantitative estimate of drug-likeness (QED) is 0.0533. The number of anilines is 3. The molecule has 3 amide bonds. The maximum absolute atomic E-state index is 15.0. The van der Waals surface area contributed by atoms with E-state index < -0.39 is 44.1 Å². The molecule has 0 atom stereocenters. The first kappa shape index (κ1) is 66.2. The number of halogens is 3. The molecule has 3 fully saturated rings. The van der Waals surface area contributed by atoms with Gasteiger partial charge >= 0.3 is 23.6 Å². The molecular weight excluding hydrogens is 1120 g/mol. The van der Waals surface area contributed by atoms with Crippen LogP contribution < -0.4 is 15.4 Å². The number of amides is 3. The van der Waals surface area contributed by atoms with Gasteiger partial charge < -0.3 is 49.8 Å². The lowest BCUT2D eigenvalue weighted by Gasteiger charge is -2.33. The number of nitrogens with zero attached hydrogens (tertiary/aromatic N) is 7. The molecule has 1 aromatic heterocycles. The van der Waals surface area contributed by atoms with Crippen molar-refractivity contribution in [1.29, 1.82) is 0 Å². The highest BCUT2D eigenvalue weighted by atomic mass is 19.1. The Morgan fingerprint density at radius 1 is 0.733 bits per heavy atom. The van der Waals surface area contributed by atoms with E-state index in [9.17, 15) is 48.5 Å². The standard InChI is InChI=1S/C30H30FN5O.C16H21FN2O5.C10H19NO3.C6H4FNO3/c1-3-28(37)33-24-8-4-6-22(18-24)25-9-5-7-23-19-32-30(35-29(23)25)34-27-11-10-21(17-26(27)31)16-20-12-14-36(2)15-13-20;1-16(2,3)24-15(20)18-8-6-11(7-9-18)23-12-4-5-14(19(21)22)13(17)10-12;1-10(2,3)14-9(13)11-6-4-8(12)5-7-11;7-5-3-4(9)1-2-6(5)8(10)11/h3-11,17-20H,1,12-16H2,2H3,(H,33,37)(H,32,34,35);4-5,10-11H,6-9H2,1-3H3;8,12H,4-7H2,1-3H3;1-3,9H. The van der Waals surface area contributed by atoms with E-state index in [-0.39, 0.29) is 47.6 Å². The fourth-order valence-corrected chi connectivity index (χ4v) is 9.22. The van der Waals surface area contributed by atoms with Gasteiger partial charge in [0.05, 0.1) is 27.2 Å². The smallest absolute Gasteiger partial charge is 0.410 e. The third-order valence-electron chi connectivity index (χ3n) is 13.6. The fraction of sp³-hybridized carbons (Fsp3) is 0.403. The second kappa shape index (κ2) is 30.3. The van der Waals surface area contributed by atoms with Crippen molar-refractivity contribution in [1.82, 2.24) is 24.7 Å². The van der Waals surface area contributed by atoms with Gasteiger partial charge in [0.1, 0.15) is 34.6 Å². The highest BCUT2D eigenvalue weighted by Gasteiger charge is 2.29. The molecule has 4 heterocycles. The third-order valence-corrected chi connectivity index (χ3v) is 13.6. The predicted molar refractivity (Wildman–Crippen MR) is 320 cm³/mol. The number of benzene rings is 5. The number of aromatic hydroxyl groups is 1. The Balaban J connectivity index is 0.000000206. The molecule has 0 spiro atoms. The number of likely N-dealkylation sites (tertiary alicyclic amines) is 3. The van der Waals surface area contributed by atoms with Gasteiger partial charge in [0, 0.05) is 86.1 Å². The zero-order valence-electron chi connectivity index (χ0n) is 49.3. The molecular formula is C62H74F3N9O12. The summed E-state index contributed by atoms with van der Waals surface area (Å²) in [5.41, 5.74) is 2.33. The van der Waals surface area contributed by atoms with Crippen LogP contribution in [0, 0.1) is 43.6 Å². The van der Waals surface area contributed by atoms with Gasteiger partial charge in [0.25, 0.3) is 0 Å². The van der Waals surface area contributed by atoms with Crippen LogP contribution in [0.5, 0.6) is 11.5 Å². The highest BCUT2D eigenvalue weighted by molar-refractivity contribution is 6.00. The number of fused-ring (bicyclic) bond motifs is 1. The van der Waals surface area contributed by atoms with Gasteiger partial charge in [0.15, 0.2) is 0 Å². The summed E-state index contributed by atoms with van der Waals surface area (Å²) in [6.07, 6.45) is 7.55. The predicted octanol–water partition coefficient (Wildman–Crippen LogP) is 12.5. The van der Waals surface area contributed by atoms with Gasteiger partial charge in [0.2, 0.25) is 23.5 Å². The molecule has 21 nitrogen and oxygen atoms in total. The minimum atomic E-state index is -1.03. The Morgan fingerprint density at radius 3 is 1.87 bits per heavy atom. The minimum absolute atomic E-state index is 0.176. The van der Waals surface area contributed by atoms with Gasteiger partial charge in [-0.2, -0.15) is 8.78 Å². The number of carbonyl (C=O) groups is 3. The van der Waals surface area contributed by atoms with E-state index in [0.29, 0.717) is 81.2 Å². The van der Waals surface area contributed by atoms with Crippen molar-refractivity contribution < 1.29 is 61.8 Å². The van der Waals surface area contributed by atoms with Crippen molar-refractivity contribution in [2.45, 2.75) is 110 Å².